The van der Waals surface area contributed by atoms with E-state index in [1.54, 1.807) is 16.2 Å². The highest BCUT2D eigenvalue weighted by atomic mass is 32.1. The molecule has 1 fully saturated rings. The van der Waals surface area contributed by atoms with Crippen molar-refractivity contribution in [1.82, 2.24) is 20.4 Å². The third kappa shape index (κ3) is 4.92. The monoisotopic (exact) mass is 480 g/mol. The van der Waals surface area contributed by atoms with Gasteiger partial charge >= 0.3 is 0 Å². The molecule has 2 aromatic heterocycles. The molecule has 7 nitrogen and oxygen atoms in total. The zero-order valence-corrected chi connectivity index (χ0v) is 21.2. The number of benzene rings is 1. The minimum Gasteiger partial charge on any atom is -0.360 e. The second-order valence-corrected chi connectivity index (χ2v) is 10.3. The normalized spacial score (nSPS) is 16.8. The molecule has 1 saturated heterocycles. The largest absolute Gasteiger partial charge is 0.360 e. The van der Waals surface area contributed by atoms with Crippen LogP contribution in [-0.4, -0.2) is 39.4 Å². The van der Waals surface area contributed by atoms with Crippen LogP contribution >= 0.6 is 11.3 Å². The molecule has 0 saturated carbocycles. The first kappa shape index (κ1) is 24.1. The highest BCUT2D eigenvalue weighted by molar-refractivity contribution is 7.13. The van der Waals surface area contributed by atoms with E-state index in [1.807, 2.05) is 39.3 Å². The van der Waals surface area contributed by atoms with Crippen molar-refractivity contribution in [1.29, 1.82) is 0 Å². The fraction of sp³-hybridized carbons (Fsp3) is 0.462. The average Bonchev–Trinajstić information content (AvgIpc) is 3.53. The Morgan fingerprint density at radius 2 is 2.03 bits per heavy atom. The van der Waals surface area contributed by atoms with Crippen LogP contribution in [0.5, 0.6) is 0 Å². The van der Waals surface area contributed by atoms with Gasteiger partial charge in [0, 0.05) is 19.2 Å². The first-order chi connectivity index (χ1) is 16.3. The first-order valence-electron chi connectivity index (χ1n) is 11.8. The molecule has 0 radical (unpaired) electrons. The molecule has 2 atom stereocenters. The Bertz CT molecular complexity index is 1180. The summed E-state index contributed by atoms with van der Waals surface area (Å²) in [4.78, 5) is 33.8. The van der Waals surface area contributed by atoms with E-state index < -0.39 is 12.0 Å². The topological polar surface area (TPSA) is 88.3 Å². The van der Waals surface area contributed by atoms with Crippen molar-refractivity contribution in [3.05, 3.63) is 58.1 Å². The number of carbonyl (C=O) groups excluding carboxylic acids is 2. The third-order valence-corrected chi connectivity index (χ3v) is 7.50. The number of carbonyl (C=O) groups is 2. The number of nitrogens with zero attached hydrogens (tertiary/aromatic N) is 3. The Labute approximate surface area is 204 Å². The average molecular weight is 481 g/mol. The fourth-order valence-corrected chi connectivity index (χ4v) is 5.46. The molecular formula is C26H32N4O3S. The molecule has 0 spiro atoms. The van der Waals surface area contributed by atoms with Gasteiger partial charge in [-0.05, 0) is 56.2 Å². The smallest absolute Gasteiger partial charge is 0.243 e. The molecule has 0 unspecified atom stereocenters. The van der Waals surface area contributed by atoms with Crippen molar-refractivity contribution >= 4 is 23.2 Å². The van der Waals surface area contributed by atoms with E-state index in [9.17, 15) is 9.59 Å². The van der Waals surface area contributed by atoms with Gasteiger partial charge in [0.25, 0.3) is 0 Å². The van der Waals surface area contributed by atoms with E-state index >= 15 is 0 Å². The van der Waals surface area contributed by atoms with Gasteiger partial charge in [0.2, 0.25) is 11.8 Å². The van der Waals surface area contributed by atoms with Gasteiger partial charge in [-0.3, -0.25) is 9.59 Å². The number of likely N-dealkylation sites (tertiary alicyclic amines) is 1. The quantitative estimate of drug-likeness (QED) is 0.526. The fourth-order valence-electron chi connectivity index (χ4n) is 4.66. The lowest BCUT2D eigenvalue weighted by molar-refractivity contribution is -0.140. The van der Waals surface area contributed by atoms with Gasteiger partial charge in [-0.25, -0.2) is 4.98 Å². The highest BCUT2D eigenvalue weighted by Gasteiger charge is 2.39. The third-order valence-electron chi connectivity index (χ3n) is 6.53. The molecule has 1 N–H and O–H groups in total. The first-order valence-corrected chi connectivity index (χ1v) is 12.7. The van der Waals surface area contributed by atoms with Crippen molar-refractivity contribution in [3.8, 4) is 10.4 Å². The maximum atomic E-state index is 13.5. The summed E-state index contributed by atoms with van der Waals surface area (Å²) >= 11 is 1.63. The lowest BCUT2D eigenvalue weighted by atomic mass is 9.91. The molecule has 3 aromatic rings. The summed E-state index contributed by atoms with van der Waals surface area (Å²) in [6.07, 6.45) is 1.48. The Morgan fingerprint density at radius 1 is 1.24 bits per heavy atom. The summed E-state index contributed by atoms with van der Waals surface area (Å²) in [6, 6.07) is 7.63. The SMILES string of the molecule is Cc1cc([C@H](C(=O)N2CCC[C@H]2C(=O)NCc2ccc(-c3scnc3C)cc2C)C(C)C)on1. The molecule has 1 aliphatic rings. The van der Waals surface area contributed by atoms with Crippen molar-refractivity contribution < 1.29 is 14.1 Å². The van der Waals surface area contributed by atoms with E-state index in [2.05, 4.69) is 40.6 Å². The van der Waals surface area contributed by atoms with Crippen molar-refractivity contribution in [2.75, 3.05) is 6.54 Å². The van der Waals surface area contributed by atoms with Crippen LogP contribution in [0.25, 0.3) is 10.4 Å². The maximum Gasteiger partial charge on any atom is 0.243 e. The summed E-state index contributed by atoms with van der Waals surface area (Å²) < 4.78 is 5.43. The minimum atomic E-state index is -0.461. The second kappa shape index (κ2) is 10.1. The van der Waals surface area contributed by atoms with E-state index in [1.165, 1.54) is 4.88 Å². The molecule has 180 valence electrons. The van der Waals surface area contributed by atoms with Crippen LogP contribution in [0.1, 0.15) is 60.9 Å². The van der Waals surface area contributed by atoms with Crippen LogP contribution in [0.15, 0.2) is 34.3 Å². The number of hydrogen-bond donors (Lipinski definition) is 1. The summed E-state index contributed by atoms with van der Waals surface area (Å²) in [7, 11) is 0. The van der Waals surface area contributed by atoms with E-state index in [-0.39, 0.29) is 17.7 Å². The Hall–Kier alpha value is -3.00. The molecule has 2 amide bonds. The second-order valence-electron chi connectivity index (χ2n) is 9.41. The van der Waals surface area contributed by atoms with Gasteiger partial charge in [-0.2, -0.15) is 0 Å². The number of amides is 2. The lowest BCUT2D eigenvalue weighted by Gasteiger charge is -2.29. The van der Waals surface area contributed by atoms with E-state index in [0.717, 1.165) is 34.5 Å². The molecule has 8 heteroatoms. The standard InChI is InChI=1S/C26H32N4O3S/c1-15(2)23(22-12-17(4)29-33-22)26(32)30-10-6-7-21(30)25(31)27-13-20-9-8-19(11-16(20)3)24-18(5)28-14-34-24/h8-9,11-12,14-15,21,23H,6-7,10,13H2,1-5H3,(H,27,31)/t21-,23+/m0/s1. The highest BCUT2D eigenvalue weighted by Crippen LogP contribution is 2.31. The van der Waals surface area contributed by atoms with Gasteiger partial charge in [-0.1, -0.05) is 37.2 Å². The van der Waals surface area contributed by atoms with Crippen molar-refractivity contribution in [2.24, 2.45) is 5.92 Å². The molecule has 4 rings (SSSR count). The number of aromatic nitrogens is 2. The van der Waals surface area contributed by atoms with Crippen LogP contribution in [0, 0.1) is 26.7 Å². The number of aryl methyl sites for hydroxylation is 3. The van der Waals surface area contributed by atoms with Gasteiger partial charge < -0.3 is 14.7 Å². The Morgan fingerprint density at radius 3 is 2.65 bits per heavy atom. The Balaban J connectivity index is 1.43. The van der Waals surface area contributed by atoms with E-state index in [0.29, 0.717) is 25.3 Å². The van der Waals surface area contributed by atoms with Crippen molar-refractivity contribution in [3.63, 3.8) is 0 Å². The summed E-state index contributed by atoms with van der Waals surface area (Å²) in [5, 5.41) is 7.02. The molecule has 0 bridgehead atoms. The summed E-state index contributed by atoms with van der Waals surface area (Å²) in [5.74, 6) is -0.0179. The number of rotatable bonds is 7. The minimum absolute atomic E-state index is 0.0347. The van der Waals surface area contributed by atoms with Gasteiger partial charge in [-0.15, -0.1) is 11.3 Å². The van der Waals surface area contributed by atoms with Crippen LogP contribution in [0.4, 0.5) is 0 Å². The van der Waals surface area contributed by atoms with Gasteiger partial charge in [0.15, 0.2) is 0 Å². The summed E-state index contributed by atoms with van der Waals surface area (Å²) in [5.41, 5.74) is 6.95. The number of nitrogens with one attached hydrogen (secondary N) is 1. The molecule has 1 aromatic carbocycles. The molecule has 0 aliphatic carbocycles. The molecule has 1 aliphatic heterocycles. The Kier molecular flexibility index (Phi) is 7.16. The maximum absolute atomic E-state index is 13.5. The predicted octanol–water partition coefficient (Wildman–Crippen LogP) is 4.77. The van der Waals surface area contributed by atoms with Crippen LogP contribution in [0.2, 0.25) is 0 Å². The zero-order valence-electron chi connectivity index (χ0n) is 20.4. The van der Waals surface area contributed by atoms with Crippen LogP contribution < -0.4 is 5.32 Å². The van der Waals surface area contributed by atoms with Gasteiger partial charge in [0.05, 0.1) is 21.8 Å². The molecule has 3 heterocycles. The number of thiazole rings is 1. The number of hydrogen-bond acceptors (Lipinski definition) is 6. The van der Waals surface area contributed by atoms with Crippen LogP contribution in [-0.2, 0) is 16.1 Å². The van der Waals surface area contributed by atoms with Crippen LogP contribution in [0.3, 0.4) is 0 Å². The molecular weight excluding hydrogens is 448 g/mol. The summed E-state index contributed by atoms with van der Waals surface area (Å²) in [6.45, 7) is 10.9. The predicted molar refractivity (Wildman–Crippen MR) is 132 cm³/mol. The van der Waals surface area contributed by atoms with Crippen molar-refractivity contribution in [2.45, 2.75) is 66.0 Å². The zero-order chi connectivity index (χ0) is 24.4. The van der Waals surface area contributed by atoms with Gasteiger partial charge in [0.1, 0.15) is 17.7 Å². The molecule has 34 heavy (non-hydrogen) atoms. The van der Waals surface area contributed by atoms with E-state index in [4.69, 9.17) is 4.52 Å². The lowest BCUT2D eigenvalue weighted by Crippen LogP contribution is -2.47.